The molecule has 4 rings (SSSR count). The third kappa shape index (κ3) is 4.60. The highest BCUT2D eigenvalue weighted by Crippen LogP contribution is 2.43. The largest absolute Gasteiger partial charge is 0.507 e. The predicted octanol–water partition coefficient (Wildman–Crippen LogP) is 7.46. The van der Waals surface area contributed by atoms with Crippen molar-refractivity contribution in [3.8, 4) is 11.5 Å². The van der Waals surface area contributed by atoms with Gasteiger partial charge in [0.25, 0.3) is 0 Å². The molecule has 2 aliphatic carbocycles. The number of aromatic hydroxyl groups is 2. The van der Waals surface area contributed by atoms with E-state index in [2.05, 4.69) is 38.1 Å². The molecule has 0 amide bonds. The van der Waals surface area contributed by atoms with Gasteiger partial charge in [-0.05, 0) is 62.5 Å². The van der Waals surface area contributed by atoms with Crippen LogP contribution in [0, 0.1) is 13.8 Å². The van der Waals surface area contributed by atoms with Gasteiger partial charge < -0.3 is 10.2 Å². The Labute approximate surface area is 179 Å². The summed E-state index contributed by atoms with van der Waals surface area (Å²) in [5, 5.41) is 21.8. The Kier molecular flexibility index (Phi) is 6.44. The Morgan fingerprint density at radius 1 is 0.690 bits per heavy atom. The number of benzene rings is 2. The number of phenolic OH excluding ortho intramolecular Hbond substituents is 2. The normalized spacial score (nSPS) is 18.0. The van der Waals surface area contributed by atoms with Crippen molar-refractivity contribution in [2.24, 2.45) is 0 Å². The summed E-state index contributed by atoms with van der Waals surface area (Å²) in [5.74, 6) is 3.62. The summed E-state index contributed by atoms with van der Waals surface area (Å²) < 4.78 is 0. The summed E-state index contributed by atoms with van der Waals surface area (Å²) in [4.78, 5) is 0. The molecule has 0 unspecified atom stereocenters. The van der Waals surface area contributed by atoms with E-state index in [0.717, 1.165) is 33.8 Å². The maximum Gasteiger partial charge on any atom is 0.123 e. The van der Waals surface area contributed by atoms with Gasteiger partial charge in [0.05, 0.1) is 0 Å². The van der Waals surface area contributed by atoms with Crippen molar-refractivity contribution in [2.45, 2.75) is 88.6 Å². The second kappa shape index (κ2) is 9.04. The first-order chi connectivity index (χ1) is 14.0. The monoisotopic (exact) mass is 410 g/mol. The van der Waals surface area contributed by atoms with Crippen LogP contribution >= 0.6 is 11.8 Å². The van der Waals surface area contributed by atoms with Gasteiger partial charge in [-0.15, -0.1) is 0 Å². The topological polar surface area (TPSA) is 40.5 Å². The van der Waals surface area contributed by atoms with Crippen LogP contribution in [-0.4, -0.2) is 10.2 Å². The van der Waals surface area contributed by atoms with Gasteiger partial charge in [0.2, 0.25) is 0 Å². The maximum absolute atomic E-state index is 10.9. The molecule has 0 saturated heterocycles. The number of hydrogen-bond acceptors (Lipinski definition) is 3. The molecule has 0 aromatic heterocycles. The SMILES string of the molecule is Cc1cc(CSCc2cc(C)cc(C3CCCC3)c2O)c(O)c(C2CCCC2)c1. The summed E-state index contributed by atoms with van der Waals surface area (Å²) in [6.07, 6.45) is 9.90. The first-order valence-electron chi connectivity index (χ1n) is 11.3. The number of hydrogen-bond donors (Lipinski definition) is 2. The lowest BCUT2D eigenvalue weighted by Gasteiger charge is -2.18. The van der Waals surface area contributed by atoms with E-state index in [1.807, 2.05) is 0 Å². The molecular formula is C26H34O2S. The van der Waals surface area contributed by atoms with Gasteiger partial charge in [-0.25, -0.2) is 0 Å². The quantitative estimate of drug-likeness (QED) is 0.519. The van der Waals surface area contributed by atoms with Crippen LogP contribution in [0.2, 0.25) is 0 Å². The molecule has 3 heteroatoms. The average molecular weight is 411 g/mol. The first-order valence-corrected chi connectivity index (χ1v) is 12.4. The fourth-order valence-electron chi connectivity index (χ4n) is 5.35. The lowest BCUT2D eigenvalue weighted by atomic mass is 9.93. The summed E-state index contributed by atoms with van der Waals surface area (Å²) in [6.45, 7) is 4.26. The zero-order chi connectivity index (χ0) is 20.4. The van der Waals surface area contributed by atoms with Crippen LogP contribution in [0.15, 0.2) is 24.3 Å². The second-order valence-electron chi connectivity index (χ2n) is 9.18. The number of rotatable bonds is 6. The molecule has 2 saturated carbocycles. The molecule has 0 spiro atoms. The van der Waals surface area contributed by atoms with Gasteiger partial charge in [-0.1, -0.05) is 61.1 Å². The molecule has 156 valence electrons. The van der Waals surface area contributed by atoms with Crippen molar-refractivity contribution in [1.29, 1.82) is 0 Å². The van der Waals surface area contributed by atoms with E-state index < -0.39 is 0 Å². The van der Waals surface area contributed by atoms with Crippen LogP contribution in [0.3, 0.4) is 0 Å². The minimum atomic E-state index is 0.509. The van der Waals surface area contributed by atoms with E-state index in [1.54, 1.807) is 11.8 Å². The Balaban J connectivity index is 1.48. The zero-order valence-corrected chi connectivity index (χ0v) is 18.7. The Bertz CT molecular complexity index is 790. The third-order valence-corrected chi connectivity index (χ3v) is 7.86. The molecule has 0 atom stereocenters. The van der Waals surface area contributed by atoms with Gasteiger partial charge >= 0.3 is 0 Å². The van der Waals surface area contributed by atoms with Crippen LogP contribution in [0.5, 0.6) is 11.5 Å². The molecule has 2 aliphatic rings. The highest BCUT2D eigenvalue weighted by atomic mass is 32.2. The molecular weight excluding hydrogens is 376 g/mol. The van der Waals surface area contributed by atoms with Gasteiger partial charge in [-0.2, -0.15) is 11.8 Å². The van der Waals surface area contributed by atoms with Gasteiger partial charge in [0.1, 0.15) is 11.5 Å². The van der Waals surface area contributed by atoms with Crippen LogP contribution in [0.1, 0.15) is 96.6 Å². The summed E-state index contributed by atoms with van der Waals surface area (Å²) in [7, 11) is 0. The van der Waals surface area contributed by atoms with E-state index in [-0.39, 0.29) is 0 Å². The molecule has 2 fully saturated rings. The third-order valence-electron chi connectivity index (χ3n) is 6.83. The van der Waals surface area contributed by atoms with Crippen molar-refractivity contribution >= 4 is 11.8 Å². The van der Waals surface area contributed by atoms with E-state index >= 15 is 0 Å². The molecule has 0 radical (unpaired) electrons. The predicted molar refractivity (Wildman–Crippen MR) is 123 cm³/mol. The van der Waals surface area contributed by atoms with Crippen molar-refractivity contribution in [1.82, 2.24) is 0 Å². The zero-order valence-electron chi connectivity index (χ0n) is 17.8. The molecule has 2 nitrogen and oxygen atoms in total. The van der Waals surface area contributed by atoms with E-state index in [0.29, 0.717) is 23.3 Å². The number of thioether (sulfide) groups is 1. The average Bonchev–Trinajstić information content (AvgIpc) is 3.40. The molecule has 2 aromatic rings. The van der Waals surface area contributed by atoms with Crippen LogP contribution in [0.25, 0.3) is 0 Å². The number of aryl methyl sites for hydroxylation is 2. The summed E-state index contributed by atoms with van der Waals surface area (Å²) >= 11 is 1.79. The minimum absolute atomic E-state index is 0.509. The Morgan fingerprint density at radius 2 is 1.07 bits per heavy atom. The first kappa shape index (κ1) is 20.7. The molecule has 2 aromatic carbocycles. The Hall–Kier alpha value is -1.61. The van der Waals surface area contributed by atoms with E-state index in [4.69, 9.17) is 0 Å². The van der Waals surface area contributed by atoms with Crippen molar-refractivity contribution in [2.75, 3.05) is 0 Å². The van der Waals surface area contributed by atoms with E-state index in [9.17, 15) is 10.2 Å². The van der Waals surface area contributed by atoms with Crippen LogP contribution in [-0.2, 0) is 11.5 Å². The molecule has 2 N–H and O–H groups in total. The summed E-state index contributed by atoms with van der Waals surface area (Å²) in [5.41, 5.74) is 6.87. The van der Waals surface area contributed by atoms with Crippen molar-refractivity contribution in [3.05, 3.63) is 57.6 Å². The van der Waals surface area contributed by atoms with E-state index in [1.165, 1.54) is 62.5 Å². The standard InChI is InChI=1S/C26H34O2S/c1-17-11-21(25(27)23(13-17)19-7-3-4-8-19)15-29-16-22-12-18(2)14-24(26(22)28)20-9-5-6-10-20/h11-14,19-20,27-28H,3-10,15-16H2,1-2H3. The molecule has 0 bridgehead atoms. The smallest absolute Gasteiger partial charge is 0.123 e. The second-order valence-corrected chi connectivity index (χ2v) is 10.2. The number of phenols is 2. The van der Waals surface area contributed by atoms with Gasteiger partial charge in [0.15, 0.2) is 0 Å². The van der Waals surface area contributed by atoms with Gasteiger partial charge in [-0.3, -0.25) is 0 Å². The minimum Gasteiger partial charge on any atom is -0.507 e. The lowest BCUT2D eigenvalue weighted by Crippen LogP contribution is -1.98. The molecule has 0 heterocycles. The van der Waals surface area contributed by atoms with Crippen LogP contribution < -0.4 is 0 Å². The van der Waals surface area contributed by atoms with Crippen molar-refractivity contribution < 1.29 is 10.2 Å². The van der Waals surface area contributed by atoms with Gasteiger partial charge in [0, 0.05) is 22.6 Å². The van der Waals surface area contributed by atoms with Crippen molar-refractivity contribution in [3.63, 3.8) is 0 Å². The highest BCUT2D eigenvalue weighted by Gasteiger charge is 2.23. The fraction of sp³-hybridized carbons (Fsp3) is 0.538. The Morgan fingerprint density at radius 3 is 1.45 bits per heavy atom. The molecule has 29 heavy (non-hydrogen) atoms. The highest BCUT2D eigenvalue weighted by molar-refractivity contribution is 7.97. The molecule has 0 aliphatic heterocycles. The maximum atomic E-state index is 10.9. The summed E-state index contributed by atoms with van der Waals surface area (Å²) in [6, 6.07) is 8.61. The lowest BCUT2D eigenvalue weighted by molar-refractivity contribution is 0.456. The fourth-order valence-corrected chi connectivity index (χ4v) is 6.34. The van der Waals surface area contributed by atoms with Crippen LogP contribution in [0.4, 0.5) is 0 Å².